The number of amides is 1. The molecule has 0 aliphatic heterocycles. The first kappa shape index (κ1) is 13.8. The van der Waals surface area contributed by atoms with Gasteiger partial charge in [-0.15, -0.1) is 0 Å². The molecule has 1 amide bonds. The first-order chi connectivity index (χ1) is 9.11. The second-order valence-corrected chi connectivity index (χ2v) is 5.16. The SMILES string of the molecule is CN(C(=O)c1cccc(CN)c1)c1ccc(Br)cc1. The molecule has 19 heavy (non-hydrogen) atoms. The van der Waals surface area contributed by atoms with Gasteiger partial charge in [0.25, 0.3) is 5.91 Å². The number of nitrogens with two attached hydrogens (primary N) is 1. The average molecular weight is 319 g/mol. The van der Waals surface area contributed by atoms with Crippen LogP contribution in [0.1, 0.15) is 15.9 Å². The molecule has 0 aliphatic rings. The summed E-state index contributed by atoms with van der Waals surface area (Å²) in [5.74, 6) is -0.0439. The lowest BCUT2D eigenvalue weighted by molar-refractivity contribution is 0.0993. The standard InChI is InChI=1S/C15H15BrN2O/c1-18(14-7-5-13(16)6-8-14)15(19)12-4-2-3-11(9-12)10-17/h2-9H,10,17H2,1H3. The molecule has 0 aliphatic carbocycles. The van der Waals surface area contributed by atoms with Gasteiger partial charge >= 0.3 is 0 Å². The van der Waals surface area contributed by atoms with Crippen LogP contribution in [0.15, 0.2) is 53.0 Å². The lowest BCUT2D eigenvalue weighted by Gasteiger charge is -2.17. The number of hydrogen-bond acceptors (Lipinski definition) is 2. The summed E-state index contributed by atoms with van der Waals surface area (Å²) in [6.45, 7) is 0.434. The van der Waals surface area contributed by atoms with E-state index in [1.165, 1.54) is 0 Å². The molecule has 0 saturated heterocycles. The summed E-state index contributed by atoms with van der Waals surface area (Å²) >= 11 is 3.38. The molecular formula is C15H15BrN2O. The molecular weight excluding hydrogens is 304 g/mol. The van der Waals surface area contributed by atoms with E-state index in [-0.39, 0.29) is 5.91 Å². The Bertz CT molecular complexity index is 581. The molecule has 0 fully saturated rings. The highest BCUT2D eigenvalue weighted by Crippen LogP contribution is 2.19. The third-order valence-corrected chi connectivity index (χ3v) is 3.46. The zero-order chi connectivity index (χ0) is 13.8. The van der Waals surface area contributed by atoms with Crippen molar-refractivity contribution < 1.29 is 4.79 Å². The fourth-order valence-corrected chi connectivity index (χ4v) is 2.07. The van der Waals surface area contributed by atoms with Crippen molar-refractivity contribution in [3.63, 3.8) is 0 Å². The topological polar surface area (TPSA) is 46.3 Å². The van der Waals surface area contributed by atoms with E-state index >= 15 is 0 Å². The molecule has 3 nitrogen and oxygen atoms in total. The van der Waals surface area contributed by atoms with Crippen LogP contribution >= 0.6 is 15.9 Å². The number of carbonyl (C=O) groups excluding carboxylic acids is 1. The third-order valence-electron chi connectivity index (χ3n) is 2.93. The van der Waals surface area contributed by atoms with E-state index < -0.39 is 0 Å². The number of anilines is 1. The van der Waals surface area contributed by atoms with E-state index in [2.05, 4.69) is 15.9 Å². The van der Waals surface area contributed by atoms with Crippen LogP contribution in [0.4, 0.5) is 5.69 Å². The van der Waals surface area contributed by atoms with Crippen molar-refractivity contribution >= 4 is 27.5 Å². The molecule has 0 spiro atoms. The van der Waals surface area contributed by atoms with Crippen LogP contribution in [0.2, 0.25) is 0 Å². The summed E-state index contributed by atoms with van der Waals surface area (Å²) in [6, 6.07) is 15.0. The Morgan fingerprint density at radius 2 is 1.89 bits per heavy atom. The highest BCUT2D eigenvalue weighted by molar-refractivity contribution is 9.10. The summed E-state index contributed by atoms with van der Waals surface area (Å²) in [5.41, 5.74) is 8.05. The molecule has 0 bridgehead atoms. The van der Waals surface area contributed by atoms with Crippen molar-refractivity contribution in [2.45, 2.75) is 6.54 Å². The van der Waals surface area contributed by atoms with Gasteiger partial charge < -0.3 is 10.6 Å². The number of nitrogens with zero attached hydrogens (tertiary/aromatic N) is 1. The Labute approximate surface area is 121 Å². The van der Waals surface area contributed by atoms with Gasteiger partial charge in [0.2, 0.25) is 0 Å². The van der Waals surface area contributed by atoms with Crippen LogP contribution in [0, 0.1) is 0 Å². The van der Waals surface area contributed by atoms with Gasteiger partial charge in [0.05, 0.1) is 0 Å². The summed E-state index contributed by atoms with van der Waals surface area (Å²) in [7, 11) is 1.76. The van der Waals surface area contributed by atoms with Gasteiger partial charge in [-0.3, -0.25) is 4.79 Å². The largest absolute Gasteiger partial charge is 0.326 e. The first-order valence-electron chi connectivity index (χ1n) is 5.94. The lowest BCUT2D eigenvalue weighted by Crippen LogP contribution is -2.26. The van der Waals surface area contributed by atoms with Gasteiger partial charge in [-0.1, -0.05) is 28.1 Å². The predicted molar refractivity (Wildman–Crippen MR) is 81.2 cm³/mol. The Hall–Kier alpha value is -1.65. The van der Waals surface area contributed by atoms with Gasteiger partial charge in [0.1, 0.15) is 0 Å². The van der Waals surface area contributed by atoms with Crippen molar-refractivity contribution in [2.75, 3.05) is 11.9 Å². The molecule has 0 saturated carbocycles. The molecule has 2 rings (SSSR count). The molecule has 2 aromatic rings. The van der Waals surface area contributed by atoms with E-state index in [1.54, 1.807) is 18.0 Å². The summed E-state index contributed by atoms with van der Waals surface area (Å²) in [5, 5.41) is 0. The molecule has 0 unspecified atom stereocenters. The van der Waals surface area contributed by atoms with Crippen LogP contribution in [0.5, 0.6) is 0 Å². The normalized spacial score (nSPS) is 10.3. The van der Waals surface area contributed by atoms with Crippen molar-refractivity contribution in [1.29, 1.82) is 0 Å². The average Bonchev–Trinajstić information content (AvgIpc) is 2.46. The monoisotopic (exact) mass is 318 g/mol. The zero-order valence-electron chi connectivity index (χ0n) is 10.6. The summed E-state index contributed by atoms with van der Waals surface area (Å²) in [4.78, 5) is 14.0. The van der Waals surface area contributed by atoms with Crippen LogP contribution < -0.4 is 10.6 Å². The molecule has 2 N–H and O–H groups in total. The van der Waals surface area contributed by atoms with Gasteiger partial charge in [0.15, 0.2) is 0 Å². The number of halogens is 1. The molecule has 0 atom stereocenters. The molecule has 0 aromatic heterocycles. The molecule has 0 heterocycles. The number of carbonyl (C=O) groups is 1. The second-order valence-electron chi connectivity index (χ2n) is 4.25. The highest BCUT2D eigenvalue weighted by Gasteiger charge is 2.13. The van der Waals surface area contributed by atoms with Crippen molar-refractivity contribution in [3.8, 4) is 0 Å². The Morgan fingerprint density at radius 1 is 1.21 bits per heavy atom. The quantitative estimate of drug-likeness (QED) is 0.944. The highest BCUT2D eigenvalue weighted by atomic mass is 79.9. The van der Waals surface area contributed by atoms with Crippen LogP contribution in [0.25, 0.3) is 0 Å². The molecule has 0 radical (unpaired) electrons. The Kier molecular flexibility index (Phi) is 4.35. The van der Waals surface area contributed by atoms with Crippen LogP contribution in [0.3, 0.4) is 0 Å². The fraction of sp³-hybridized carbons (Fsp3) is 0.133. The molecule has 2 aromatic carbocycles. The molecule has 98 valence electrons. The number of hydrogen-bond donors (Lipinski definition) is 1. The van der Waals surface area contributed by atoms with Gasteiger partial charge in [-0.2, -0.15) is 0 Å². The summed E-state index contributed by atoms with van der Waals surface area (Å²) in [6.07, 6.45) is 0. The zero-order valence-corrected chi connectivity index (χ0v) is 12.2. The lowest BCUT2D eigenvalue weighted by atomic mass is 10.1. The Morgan fingerprint density at radius 3 is 2.53 bits per heavy atom. The van der Waals surface area contributed by atoms with E-state index in [0.717, 1.165) is 15.7 Å². The summed E-state index contributed by atoms with van der Waals surface area (Å²) < 4.78 is 0.988. The first-order valence-corrected chi connectivity index (χ1v) is 6.74. The minimum absolute atomic E-state index is 0.0439. The minimum Gasteiger partial charge on any atom is -0.326 e. The number of rotatable bonds is 3. The Balaban J connectivity index is 2.25. The number of benzene rings is 2. The third kappa shape index (κ3) is 3.22. The van der Waals surface area contributed by atoms with Crippen LogP contribution in [-0.4, -0.2) is 13.0 Å². The van der Waals surface area contributed by atoms with Crippen molar-refractivity contribution in [3.05, 3.63) is 64.1 Å². The maximum atomic E-state index is 12.4. The second kappa shape index (κ2) is 5.99. The predicted octanol–water partition coefficient (Wildman–Crippen LogP) is 3.18. The van der Waals surface area contributed by atoms with Gasteiger partial charge in [-0.25, -0.2) is 0 Å². The maximum Gasteiger partial charge on any atom is 0.258 e. The van der Waals surface area contributed by atoms with Gasteiger partial charge in [-0.05, 0) is 42.0 Å². The minimum atomic E-state index is -0.0439. The maximum absolute atomic E-state index is 12.4. The van der Waals surface area contributed by atoms with Gasteiger partial charge in [0, 0.05) is 29.3 Å². The van der Waals surface area contributed by atoms with E-state index in [4.69, 9.17) is 5.73 Å². The smallest absolute Gasteiger partial charge is 0.258 e. The van der Waals surface area contributed by atoms with E-state index in [9.17, 15) is 4.79 Å². The molecule has 4 heteroatoms. The van der Waals surface area contributed by atoms with E-state index in [1.807, 2.05) is 42.5 Å². The fourth-order valence-electron chi connectivity index (χ4n) is 1.81. The van der Waals surface area contributed by atoms with E-state index in [0.29, 0.717) is 12.1 Å². The van der Waals surface area contributed by atoms with Crippen LogP contribution in [-0.2, 0) is 6.54 Å². The van der Waals surface area contributed by atoms with Crippen molar-refractivity contribution in [1.82, 2.24) is 0 Å². The van der Waals surface area contributed by atoms with Crippen molar-refractivity contribution in [2.24, 2.45) is 5.73 Å².